The lowest BCUT2D eigenvalue weighted by Crippen LogP contribution is -2.12. The molecule has 0 spiro atoms. The number of nitrogens with two attached hydrogens (primary N) is 1. The van der Waals surface area contributed by atoms with Crippen molar-refractivity contribution in [2.24, 2.45) is 0 Å². The second kappa shape index (κ2) is 6.13. The normalized spacial score (nSPS) is 10.5. The van der Waals surface area contributed by atoms with Gasteiger partial charge < -0.3 is 20.5 Å². The van der Waals surface area contributed by atoms with Crippen molar-refractivity contribution < 1.29 is 14.3 Å². The first kappa shape index (κ1) is 15.1. The molecule has 3 aromatic rings. The van der Waals surface area contributed by atoms with Gasteiger partial charge in [0.1, 0.15) is 11.5 Å². The van der Waals surface area contributed by atoms with Gasteiger partial charge in [-0.15, -0.1) is 0 Å². The zero-order valence-electron chi connectivity index (χ0n) is 12.6. The Kier molecular flexibility index (Phi) is 4.03. The molecular weight excluding hydrogens is 314 g/mol. The molecule has 0 aliphatic carbocycles. The largest absolute Gasteiger partial charge is 0.497 e. The van der Waals surface area contributed by atoms with E-state index < -0.39 is 0 Å². The number of anilines is 2. The van der Waals surface area contributed by atoms with Gasteiger partial charge in [-0.25, -0.2) is 4.98 Å². The Bertz CT molecular complexity index is 876. The van der Waals surface area contributed by atoms with Gasteiger partial charge >= 0.3 is 0 Å². The number of hydrogen-bond acceptors (Lipinski definition) is 6. The highest BCUT2D eigenvalue weighted by Crippen LogP contribution is 2.30. The number of nitrogens with zero attached hydrogens (tertiary/aromatic N) is 1. The summed E-state index contributed by atoms with van der Waals surface area (Å²) in [4.78, 5) is 16.6. The van der Waals surface area contributed by atoms with Crippen LogP contribution in [0.4, 0.5) is 10.8 Å². The molecule has 0 unspecified atom stereocenters. The molecule has 7 heteroatoms. The smallest absolute Gasteiger partial charge is 0.255 e. The lowest BCUT2D eigenvalue weighted by Gasteiger charge is -2.11. The van der Waals surface area contributed by atoms with Crippen LogP contribution in [-0.4, -0.2) is 25.1 Å². The average molecular weight is 329 g/mol. The van der Waals surface area contributed by atoms with Crippen molar-refractivity contribution in [1.82, 2.24) is 4.98 Å². The summed E-state index contributed by atoms with van der Waals surface area (Å²) < 4.78 is 11.3. The number of nitrogens with one attached hydrogen (secondary N) is 1. The number of carbonyl (C=O) groups excluding carboxylic acids is 1. The third kappa shape index (κ3) is 3.04. The maximum atomic E-state index is 12.4. The molecule has 1 heterocycles. The van der Waals surface area contributed by atoms with Gasteiger partial charge in [0.05, 0.1) is 30.1 Å². The highest BCUT2D eigenvalue weighted by Gasteiger charge is 2.12. The Morgan fingerprint density at radius 1 is 1.17 bits per heavy atom. The highest BCUT2D eigenvalue weighted by atomic mass is 32.1. The van der Waals surface area contributed by atoms with Crippen molar-refractivity contribution in [3.63, 3.8) is 0 Å². The van der Waals surface area contributed by atoms with E-state index in [2.05, 4.69) is 10.3 Å². The number of aromatic nitrogens is 1. The summed E-state index contributed by atoms with van der Waals surface area (Å²) in [5.74, 6) is 0.949. The zero-order chi connectivity index (χ0) is 16.4. The van der Waals surface area contributed by atoms with Gasteiger partial charge in [-0.3, -0.25) is 4.79 Å². The van der Waals surface area contributed by atoms with Crippen LogP contribution in [-0.2, 0) is 0 Å². The number of methoxy groups -OCH3 is 2. The number of benzene rings is 2. The molecule has 3 rings (SSSR count). The molecule has 0 saturated heterocycles. The number of fused-ring (bicyclic) bond motifs is 1. The molecule has 0 atom stereocenters. The number of amides is 1. The quantitative estimate of drug-likeness (QED) is 0.768. The van der Waals surface area contributed by atoms with E-state index in [-0.39, 0.29) is 5.91 Å². The van der Waals surface area contributed by atoms with Gasteiger partial charge in [0.15, 0.2) is 5.13 Å². The molecule has 0 aliphatic heterocycles. The third-order valence-corrected chi connectivity index (χ3v) is 4.17. The van der Waals surface area contributed by atoms with Crippen LogP contribution in [0.5, 0.6) is 11.5 Å². The van der Waals surface area contributed by atoms with Gasteiger partial charge in [-0.05, 0) is 30.3 Å². The molecule has 2 aromatic carbocycles. The molecule has 1 aromatic heterocycles. The van der Waals surface area contributed by atoms with Gasteiger partial charge in [0.25, 0.3) is 5.91 Å². The van der Waals surface area contributed by atoms with E-state index in [0.29, 0.717) is 27.9 Å². The van der Waals surface area contributed by atoms with Crippen LogP contribution in [0.1, 0.15) is 10.4 Å². The molecule has 0 bridgehead atoms. The first-order valence-corrected chi connectivity index (χ1v) is 7.62. The van der Waals surface area contributed by atoms with Crippen LogP contribution in [0, 0.1) is 0 Å². The van der Waals surface area contributed by atoms with Crippen molar-refractivity contribution >= 4 is 38.3 Å². The summed E-state index contributed by atoms with van der Waals surface area (Å²) in [6.45, 7) is 0. The van der Waals surface area contributed by atoms with E-state index in [4.69, 9.17) is 15.2 Å². The molecular formula is C16H15N3O3S. The fraction of sp³-hybridized carbons (Fsp3) is 0.125. The Morgan fingerprint density at radius 2 is 2.00 bits per heavy atom. The minimum absolute atomic E-state index is 0.234. The van der Waals surface area contributed by atoms with Crippen molar-refractivity contribution in [3.8, 4) is 11.5 Å². The van der Waals surface area contributed by atoms with Crippen LogP contribution in [0.2, 0.25) is 0 Å². The van der Waals surface area contributed by atoms with Crippen LogP contribution < -0.4 is 20.5 Å². The van der Waals surface area contributed by atoms with Gasteiger partial charge in [0.2, 0.25) is 0 Å². The number of rotatable bonds is 4. The molecule has 3 N–H and O–H groups in total. The Labute approximate surface area is 136 Å². The predicted molar refractivity (Wildman–Crippen MR) is 91.5 cm³/mol. The van der Waals surface area contributed by atoms with Crippen molar-refractivity contribution in [2.45, 2.75) is 0 Å². The van der Waals surface area contributed by atoms with Crippen LogP contribution in [0.3, 0.4) is 0 Å². The maximum absolute atomic E-state index is 12.4. The summed E-state index contributed by atoms with van der Waals surface area (Å²) >= 11 is 1.35. The van der Waals surface area contributed by atoms with Crippen LogP contribution in [0.25, 0.3) is 10.2 Å². The molecule has 23 heavy (non-hydrogen) atoms. The zero-order valence-corrected chi connectivity index (χ0v) is 13.4. The second-order valence-electron chi connectivity index (χ2n) is 4.75. The summed E-state index contributed by atoms with van der Waals surface area (Å²) in [5.41, 5.74) is 7.57. The molecule has 0 saturated carbocycles. The average Bonchev–Trinajstić information content (AvgIpc) is 2.94. The lowest BCUT2D eigenvalue weighted by atomic mass is 10.2. The Balaban J connectivity index is 1.87. The van der Waals surface area contributed by atoms with E-state index in [1.54, 1.807) is 43.5 Å². The molecule has 0 fully saturated rings. The number of hydrogen-bond donors (Lipinski definition) is 2. The topological polar surface area (TPSA) is 86.5 Å². The van der Waals surface area contributed by atoms with Crippen molar-refractivity contribution in [1.29, 1.82) is 0 Å². The Hall–Kier alpha value is -2.80. The van der Waals surface area contributed by atoms with Crippen molar-refractivity contribution in [3.05, 3.63) is 42.0 Å². The van der Waals surface area contributed by atoms with E-state index in [1.165, 1.54) is 18.4 Å². The van der Waals surface area contributed by atoms with Crippen molar-refractivity contribution in [2.75, 3.05) is 25.3 Å². The number of nitrogen functional groups attached to an aromatic ring is 1. The van der Waals surface area contributed by atoms with Gasteiger partial charge in [0, 0.05) is 11.6 Å². The maximum Gasteiger partial charge on any atom is 0.255 e. The fourth-order valence-corrected chi connectivity index (χ4v) is 2.95. The van der Waals surface area contributed by atoms with Crippen LogP contribution >= 0.6 is 11.3 Å². The van der Waals surface area contributed by atoms with Gasteiger partial charge in [-0.2, -0.15) is 0 Å². The first-order valence-electron chi connectivity index (χ1n) is 6.80. The summed E-state index contributed by atoms with van der Waals surface area (Å²) in [6, 6.07) is 10.5. The minimum atomic E-state index is -0.234. The Morgan fingerprint density at radius 3 is 2.74 bits per heavy atom. The minimum Gasteiger partial charge on any atom is -0.497 e. The second-order valence-corrected chi connectivity index (χ2v) is 5.82. The predicted octanol–water partition coefficient (Wildman–Crippen LogP) is 3.15. The van der Waals surface area contributed by atoms with E-state index >= 15 is 0 Å². The summed E-state index contributed by atoms with van der Waals surface area (Å²) in [5, 5.41) is 3.31. The molecule has 1 amide bonds. The standard InChI is InChI=1S/C16H15N3O3S/c1-21-10-4-6-11(13(8-10)22-2)18-15(20)9-3-5-12-14(7-9)23-16(17)19-12/h3-8H,1-2H3,(H2,17,19)(H,18,20). The molecule has 118 valence electrons. The molecule has 0 aliphatic rings. The SMILES string of the molecule is COc1ccc(NC(=O)c2ccc3nc(N)sc3c2)c(OC)c1. The van der Waals surface area contributed by atoms with E-state index in [1.807, 2.05) is 0 Å². The third-order valence-electron chi connectivity index (χ3n) is 3.32. The molecule has 0 radical (unpaired) electrons. The summed E-state index contributed by atoms with van der Waals surface area (Å²) in [7, 11) is 3.11. The van der Waals surface area contributed by atoms with Crippen LogP contribution in [0.15, 0.2) is 36.4 Å². The fourth-order valence-electron chi connectivity index (χ4n) is 2.18. The first-order chi connectivity index (χ1) is 11.1. The monoisotopic (exact) mass is 329 g/mol. The summed E-state index contributed by atoms with van der Waals surface area (Å²) in [6.07, 6.45) is 0. The number of thiazole rings is 1. The highest BCUT2D eigenvalue weighted by molar-refractivity contribution is 7.22. The van der Waals surface area contributed by atoms with E-state index in [0.717, 1.165) is 10.2 Å². The lowest BCUT2D eigenvalue weighted by molar-refractivity contribution is 0.102. The van der Waals surface area contributed by atoms with Gasteiger partial charge in [-0.1, -0.05) is 11.3 Å². The number of ether oxygens (including phenoxy) is 2. The number of carbonyl (C=O) groups is 1. The molecule has 6 nitrogen and oxygen atoms in total. The van der Waals surface area contributed by atoms with E-state index in [9.17, 15) is 4.79 Å².